The van der Waals surface area contributed by atoms with Crippen LogP contribution in [0.2, 0.25) is 0 Å². The van der Waals surface area contributed by atoms with Gasteiger partial charge in [-0.25, -0.2) is 11.8 Å². The van der Waals surface area contributed by atoms with Gasteiger partial charge < -0.3 is 21.3 Å². The second-order valence-corrected chi connectivity index (χ2v) is 23.7. The summed E-state index contributed by atoms with van der Waals surface area (Å²) in [7, 11) is -0.241. The summed E-state index contributed by atoms with van der Waals surface area (Å²) < 4.78 is 0. The van der Waals surface area contributed by atoms with E-state index in [1.54, 1.807) is 0 Å². The molecule has 0 bridgehead atoms. The predicted octanol–water partition coefficient (Wildman–Crippen LogP) is 17.1. The Hall–Kier alpha value is -0.250. The number of rotatable bonds is 18. The van der Waals surface area contributed by atoms with Crippen LogP contribution < -0.4 is 0 Å². The molecule has 2 unspecified atom stereocenters. The van der Waals surface area contributed by atoms with Gasteiger partial charge in [-0.3, -0.25) is 0 Å². The van der Waals surface area contributed by atoms with Crippen molar-refractivity contribution in [2.24, 2.45) is 0 Å². The van der Waals surface area contributed by atoms with Crippen molar-refractivity contribution in [2.75, 3.05) is 13.1 Å². The van der Waals surface area contributed by atoms with Crippen molar-refractivity contribution in [3.8, 4) is 0 Å². The Bertz CT molecular complexity index is 1100. The number of hydrogen-bond acceptors (Lipinski definition) is 0. The van der Waals surface area contributed by atoms with Crippen molar-refractivity contribution in [1.29, 1.82) is 0 Å². The van der Waals surface area contributed by atoms with E-state index in [1.807, 2.05) is 60.7 Å². The molecule has 4 fully saturated rings. The molecule has 0 radical (unpaired) electrons. The van der Waals surface area contributed by atoms with E-state index in [1.165, 1.54) is 148 Å². The van der Waals surface area contributed by atoms with Crippen LogP contribution in [0.3, 0.4) is 0 Å². The molecule has 0 saturated heterocycles. The van der Waals surface area contributed by atoms with Crippen molar-refractivity contribution in [3.63, 3.8) is 0 Å². The average molecular weight is 994 g/mol. The SMILES string of the molecule is CC(C)[N-]C([N-]CCCCC[N-]C([N-]C(C)C)P(C1CCCCC1)C1CCCCC1)P(C1CCCCC1)C1CCCCC1.[CH2-]c1ccccc1.[CH2-]c1ccccc1.[Hf]. The second kappa shape index (κ2) is 31.6. The minimum Gasteiger partial charge on any atom is -0.674 e. The largest absolute Gasteiger partial charge is 0.674 e. The summed E-state index contributed by atoms with van der Waals surface area (Å²) >= 11 is 0. The van der Waals surface area contributed by atoms with Gasteiger partial charge in [0.25, 0.3) is 0 Å². The standard InChI is InChI=1S/C37H70N4P2.2C7H7.Hf/c1-30(2)40-36(42(32-20-10-5-11-21-32)33-22-12-6-13-23-33)38-28-18-9-19-29-39-37(41-31(3)4)43(34-24-14-7-15-25-34)35-26-16-8-17-27-35;2*1-7-5-3-2-4-6-7;/h30-37H,5-29H2,1-4H3;2*2-6H,1H2;/q-4;2*-1;. The molecule has 7 heteroatoms. The van der Waals surface area contributed by atoms with Crippen LogP contribution in [0.1, 0.15) is 187 Å². The van der Waals surface area contributed by atoms with Gasteiger partial charge in [-0.1, -0.05) is 136 Å². The summed E-state index contributed by atoms with van der Waals surface area (Å²) in [4.78, 5) is 0. The summed E-state index contributed by atoms with van der Waals surface area (Å²) in [6, 6.07) is 20.5. The number of benzene rings is 2. The van der Waals surface area contributed by atoms with Gasteiger partial charge in [0.15, 0.2) is 0 Å². The van der Waals surface area contributed by atoms with E-state index < -0.39 is 0 Å². The summed E-state index contributed by atoms with van der Waals surface area (Å²) in [5.41, 5.74) is 5.84. The molecule has 58 heavy (non-hydrogen) atoms. The second-order valence-electron chi connectivity index (χ2n) is 18.1. The van der Waals surface area contributed by atoms with Crippen LogP contribution in [0.25, 0.3) is 21.3 Å². The smallest absolute Gasteiger partial charge is 0 e. The first kappa shape index (κ1) is 52.1. The first-order valence-electron chi connectivity index (χ1n) is 23.8. The molecule has 2 aromatic carbocycles. The van der Waals surface area contributed by atoms with E-state index in [0.29, 0.717) is 23.9 Å². The van der Waals surface area contributed by atoms with E-state index in [2.05, 4.69) is 41.5 Å². The van der Waals surface area contributed by atoms with Crippen LogP contribution in [0.4, 0.5) is 0 Å². The molecule has 4 nitrogen and oxygen atoms in total. The maximum absolute atomic E-state index is 5.45. The van der Waals surface area contributed by atoms with Gasteiger partial charge in [-0.2, -0.15) is 49.2 Å². The monoisotopic (exact) mass is 995 g/mol. The summed E-state index contributed by atoms with van der Waals surface area (Å²) in [6.07, 6.45) is 32.7. The first-order chi connectivity index (χ1) is 27.8. The third kappa shape index (κ3) is 20.7. The Balaban J connectivity index is 0.000000501. The topological polar surface area (TPSA) is 56.4 Å². The first-order valence-corrected chi connectivity index (χ1v) is 26.9. The van der Waals surface area contributed by atoms with Crippen LogP contribution in [0.5, 0.6) is 0 Å². The molecule has 0 aromatic heterocycles. The predicted molar refractivity (Wildman–Crippen MR) is 258 cm³/mol. The number of nitrogens with zero attached hydrogens (tertiary/aromatic N) is 4. The van der Waals surface area contributed by atoms with Gasteiger partial charge in [0.2, 0.25) is 0 Å². The molecule has 0 heterocycles. The molecule has 0 spiro atoms. The van der Waals surface area contributed by atoms with Crippen molar-refractivity contribution in [1.82, 2.24) is 0 Å². The minimum absolute atomic E-state index is 0. The molecule has 328 valence electrons. The Kier molecular flexibility index (Phi) is 28.4. The minimum atomic E-state index is -0.121. The number of hydrogen-bond donors (Lipinski definition) is 0. The Labute approximate surface area is 381 Å². The zero-order valence-corrected chi connectivity index (χ0v) is 43.0. The molecule has 0 aliphatic heterocycles. The molecule has 0 N–H and O–H groups in total. The normalized spacial score (nSPS) is 19.9. The summed E-state index contributed by atoms with van der Waals surface area (Å²) in [6.45, 7) is 18.6. The molecule has 2 aromatic rings. The van der Waals surface area contributed by atoms with Crippen LogP contribution in [0.15, 0.2) is 60.7 Å². The summed E-state index contributed by atoms with van der Waals surface area (Å²) in [5.74, 6) is 0.601. The van der Waals surface area contributed by atoms with E-state index in [-0.39, 0.29) is 41.7 Å². The van der Waals surface area contributed by atoms with E-state index in [9.17, 15) is 0 Å². The van der Waals surface area contributed by atoms with Crippen molar-refractivity contribution >= 4 is 15.8 Å². The molecular formula is C51H84HfN4P2-6. The van der Waals surface area contributed by atoms with Crippen molar-refractivity contribution in [2.45, 2.75) is 222 Å². The fourth-order valence-electron chi connectivity index (χ4n) is 9.61. The zero-order chi connectivity index (χ0) is 40.5. The molecule has 4 aliphatic rings. The molecular weight excluding hydrogens is 909 g/mol. The third-order valence-corrected chi connectivity index (χ3v) is 19.6. The van der Waals surface area contributed by atoms with E-state index >= 15 is 0 Å². The molecule has 6 rings (SSSR count). The van der Waals surface area contributed by atoms with Gasteiger partial charge >= 0.3 is 0 Å². The fourth-order valence-corrected chi connectivity index (χ4v) is 17.6. The molecule has 4 saturated carbocycles. The van der Waals surface area contributed by atoms with Crippen LogP contribution in [-0.4, -0.2) is 59.6 Å². The van der Waals surface area contributed by atoms with Crippen LogP contribution in [0, 0.1) is 13.8 Å². The maximum atomic E-state index is 5.45. The van der Waals surface area contributed by atoms with Crippen molar-refractivity contribution < 1.29 is 25.8 Å². The average Bonchev–Trinajstić information content (AvgIpc) is 3.23. The summed E-state index contributed by atoms with van der Waals surface area (Å²) in [5, 5.41) is 21.6. The fraction of sp³-hybridized carbons (Fsp3) is 0.725. The van der Waals surface area contributed by atoms with Crippen molar-refractivity contribution in [3.05, 3.63) is 107 Å². The van der Waals surface area contributed by atoms with Gasteiger partial charge in [-0.15, -0.1) is 65.3 Å². The van der Waals surface area contributed by atoms with Gasteiger partial charge in [0.1, 0.15) is 0 Å². The van der Waals surface area contributed by atoms with Gasteiger partial charge in [-0.05, 0) is 74.0 Å². The molecule has 4 aliphatic carbocycles. The van der Waals surface area contributed by atoms with E-state index in [4.69, 9.17) is 21.3 Å². The third-order valence-electron chi connectivity index (χ3n) is 12.5. The van der Waals surface area contributed by atoms with Gasteiger partial charge in [0, 0.05) is 25.8 Å². The Morgan fingerprint density at radius 2 is 0.724 bits per heavy atom. The van der Waals surface area contributed by atoms with Gasteiger partial charge in [0.05, 0.1) is 0 Å². The van der Waals surface area contributed by atoms with Crippen LogP contribution in [-0.2, 0) is 25.8 Å². The van der Waals surface area contributed by atoms with E-state index in [0.717, 1.165) is 46.9 Å². The zero-order valence-electron chi connectivity index (χ0n) is 37.7. The quantitative estimate of drug-likeness (QED) is 0.0618. The maximum Gasteiger partial charge on any atom is 0 e. The van der Waals surface area contributed by atoms with Crippen LogP contribution >= 0.6 is 15.8 Å². The molecule has 2 atom stereocenters. The number of unbranched alkanes of at least 4 members (excludes halogenated alkanes) is 2. The Morgan fingerprint density at radius 1 is 0.448 bits per heavy atom. The molecule has 0 amide bonds. The Morgan fingerprint density at radius 3 is 0.948 bits per heavy atom.